The first-order valence-electron chi connectivity index (χ1n) is 2.79. The molecule has 0 saturated heterocycles. The minimum Gasteiger partial charge on any atom is -0.174 e. The van der Waals surface area contributed by atoms with Gasteiger partial charge >= 0.3 is 0 Å². The topological polar surface area (TPSA) is 0 Å². The van der Waals surface area contributed by atoms with Gasteiger partial charge in [-0.25, -0.2) is 0 Å². The maximum atomic E-state index is 5.79. The second kappa shape index (κ2) is 3.51. The molecule has 0 aliphatic carbocycles. The van der Waals surface area contributed by atoms with Crippen molar-refractivity contribution in [3.8, 4) is 0 Å². The summed E-state index contributed by atoms with van der Waals surface area (Å²) in [5, 5.41) is 1.42. The van der Waals surface area contributed by atoms with Crippen molar-refractivity contribution >= 4 is 35.8 Å². The molecule has 0 heterocycles. The molecule has 1 rings (SSSR count). The molecule has 0 aliphatic heterocycles. The zero-order valence-corrected chi connectivity index (χ0v) is 7.55. The van der Waals surface area contributed by atoms with Crippen LogP contribution in [-0.2, 0) is 5.75 Å². The zero-order chi connectivity index (χ0) is 7.56. The molecule has 0 bridgehead atoms. The van der Waals surface area contributed by atoms with Crippen molar-refractivity contribution in [2.24, 2.45) is 0 Å². The molecule has 0 aliphatic rings. The standard InChI is InChI=1S/C7H6Cl2S/c8-6-1-2-7(9)5(3-6)4-10/h1-3,10H,4H2. The van der Waals surface area contributed by atoms with Gasteiger partial charge in [0.1, 0.15) is 0 Å². The molecule has 0 saturated carbocycles. The van der Waals surface area contributed by atoms with Crippen LogP contribution in [0.5, 0.6) is 0 Å². The molecule has 0 unspecified atom stereocenters. The third-order valence-corrected chi connectivity index (χ3v) is 2.12. The summed E-state index contributed by atoms with van der Waals surface area (Å²) in [6.45, 7) is 0. The second-order valence-corrected chi connectivity index (χ2v) is 3.05. The van der Waals surface area contributed by atoms with Gasteiger partial charge in [-0.3, -0.25) is 0 Å². The maximum Gasteiger partial charge on any atom is 0.0447 e. The second-order valence-electron chi connectivity index (χ2n) is 1.89. The summed E-state index contributed by atoms with van der Waals surface area (Å²) in [7, 11) is 0. The van der Waals surface area contributed by atoms with Crippen molar-refractivity contribution in [2.75, 3.05) is 0 Å². The van der Waals surface area contributed by atoms with Gasteiger partial charge in [-0.05, 0) is 23.8 Å². The quantitative estimate of drug-likeness (QED) is 0.649. The number of halogens is 2. The molecule has 54 valence electrons. The molecule has 0 spiro atoms. The Kier molecular flexibility index (Phi) is 2.90. The van der Waals surface area contributed by atoms with Crippen LogP contribution in [0.25, 0.3) is 0 Å². The number of benzene rings is 1. The molecule has 0 amide bonds. The minimum atomic E-state index is 0.624. The van der Waals surface area contributed by atoms with Crippen LogP contribution in [0.4, 0.5) is 0 Å². The van der Waals surface area contributed by atoms with Crippen molar-refractivity contribution in [1.29, 1.82) is 0 Å². The number of thiol groups is 1. The average Bonchev–Trinajstić information content (AvgIpc) is 1.94. The Labute approximate surface area is 75.6 Å². The summed E-state index contributed by atoms with van der Waals surface area (Å²) in [5.74, 6) is 0.624. The molecular weight excluding hydrogens is 187 g/mol. The van der Waals surface area contributed by atoms with Gasteiger partial charge in [0.2, 0.25) is 0 Å². The molecule has 0 atom stereocenters. The van der Waals surface area contributed by atoms with Crippen molar-refractivity contribution in [3.63, 3.8) is 0 Å². The van der Waals surface area contributed by atoms with E-state index in [2.05, 4.69) is 12.6 Å². The molecule has 0 nitrogen and oxygen atoms in total. The van der Waals surface area contributed by atoms with Crippen LogP contribution in [0, 0.1) is 0 Å². The number of rotatable bonds is 1. The van der Waals surface area contributed by atoms with E-state index in [-0.39, 0.29) is 0 Å². The van der Waals surface area contributed by atoms with E-state index < -0.39 is 0 Å². The maximum absolute atomic E-state index is 5.79. The lowest BCUT2D eigenvalue weighted by Gasteiger charge is -1.98. The minimum absolute atomic E-state index is 0.624. The lowest BCUT2D eigenvalue weighted by Crippen LogP contribution is -1.78. The molecule has 0 N–H and O–H groups in total. The van der Waals surface area contributed by atoms with Gasteiger partial charge in [-0.2, -0.15) is 12.6 Å². The van der Waals surface area contributed by atoms with Crippen LogP contribution < -0.4 is 0 Å². The molecule has 1 aromatic carbocycles. The first-order chi connectivity index (χ1) is 4.74. The van der Waals surface area contributed by atoms with E-state index in [9.17, 15) is 0 Å². The molecule has 0 aromatic heterocycles. The van der Waals surface area contributed by atoms with Gasteiger partial charge in [0, 0.05) is 15.8 Å². The Balaban J connectivity index is 3.09. The van der Waals surface area contributed by atoms with Gasteiger partial charge in [-0.15, -0.1) is 0 Å². The third-order valence-electron chi connectivity index (χ3n) is 1.18. The monoisotopic (exact) mass is 192 g/mol. The average molecular weight is 193 g/mol. The number of hydrogen-bond acceptors (Lipinski definition) is 1. The van der Waals surface area contributed by atoms with Crippen molar-refractivity contribution in [2.45, 2.75) is 5.75 Å². The lowest BCUT2D eigenvalue weighted by molar-refractivity contribution is 1.43. The van der Waals surface area contributed by atoms with E-state index >= 15 is 0 Å². The van der Waals surface area contributed by atoms with Gasteiger partial charge < -0.3 is 0 Å². The normalized spacial score (nSPS) is 9.90. The van der Waals surface area contributed by atoms with Gasteiger partial charge in [0.05, 0.1) is 0 Å². The smallest absolute Gasteiger partial charge is 0.0447 e. The molecule has 0 fully saturated rings. The first-order valence-corrected chi connectivity index (χ1v) is 4.17. The Bertz CT molecular complexity index is 235. The van der Waals surface area contributed by atoms with Crippen LogP contribution >= 0.6 is 35.8 Å². The highest BCUT2D eigenvalue weighted by Gasteiger charge is 1.97. The summed E-state index contributed by atoms with van der Waals surface area (Å²) in [4.78, 5) is 0. The van der Waals surface area contributed by atoms with Gasteiger partial charge in [0.15, 0.2) is 0 Å². The van der Waals surface area contributed by atoms with Gasteiger partial charge in [-0.1, -0.05) is 23.2 Å². The summed E-state index contributed by atoms with van der Waals surface area (Å²) < 4.78 is 0. The van der Waals surface area contributed by atoms with Crippen LogP contribution in [0.1, 0.15) is 5.56 Å². The van der Waals surface area contributed by atoms with Crippen molar-refractivity contribution < 1.29 is 0 Å². The van der Waals surface area contributed by atoms with E-state index in [1.165, 1.54) is 0 Å². The Morgan fingerprint density at radius 3 is 2.50 bits per heavy atom. The highest BCUT2D eigenvalue weighted by molar-refractivity contribution is 7.79. The summed E-state index contributed by atoms with van der Waals surface area (Å²) >= 11 is 15.6. The van der Waals surface area contributed by atoms with Gasteiger partial charge in [0.25, 0.3) is 0 Å². The first kappa shape index (κ1) is 8.25. The highest BCUT2D eigenvalue weighted by atomic mass is 35.5. The fourth-order valence-electron chi connectivity index (χ4n) is 0.664. The van der Waals surface area contributed by atoms with Crippen LogP contribution in [0.2, 0.25) is 10.0 Å². The van der Waals surface area contributed by atoms with E-state index in [1.807, 2.05) is 6.07 Å². The molecule has 10 heavy (non-hydrogen) atoms. The summed E-state index contributed by atoms with van der Waals surface area (Å²) in [6, 6.07) is 5.35. The molecule has 3 heteroatoms. The Hall–Kier alpha value is 0.150. The lowest BCUT2D eigenvalue weighted by atomic mass is 10.2. The van der Waals surface area contributed by atoms with Crippen molar-refractivity contribution in [3.05, 3.63) is 33.8 Å². The predicted molar refractivity (Wildman–Crippen MR) is 49.2 cm³/mol. The molecule has 0 radical (unpaired) electrons. The SMILES string of the molecule is SCc1cc(Cl)ccc1Cl. The number of hydrogen-bond donors (Lipinski definition) is 1. The van der Waals surface area contributed by atoms with Crippen LogP contribution in [0.3, 0.4) is 0 Å². The van der Waals surface area contributed by atoms with E-state index in [0.717, 1.165) is 10.6 Å². The fraction of sp³-hybridized carbons (Fsp3) is 0.143. The zero-order valence-electron chi connectivity index (χ0n) is 5.14. The van der Waals surface area contributed by atoms with E-state index in [4.69, 9.17) is 23.2 Å². The largest absolute Gasteiger partial charge is 0.174 e. The Morgan fingerprint density at radius 1 is 1.30 bits per heavy atom. The van der Waals surface area contributed by atoms with Crippen molar-refractivity contribution in [1.82, 2.24) is 0 Å². The summed E-state index contributed by atoms with van der Waals surface area (Å²) in [5.41, 5.74) is 0.970. The van der Waals surface area contributed by atoms with Crippen LogP contribution in [0.15, 0.2) is 18.2 Å². The van der Waals surface area contributed by atoms with E-state index in [0.29, 0.717) is 10.8 Å². The van der Waals surface area contributed by atoms with Crippen LogP contribution in [-0.4, -0.2) is 0 Å². The fourth-order valence-corrected chi connectivity index (χ4v) is 1.40. The predicted octanol–water partition coefficient (Wildman–Crippen LogP) is 3.42. The highest BCUT2D eigenvalue weighted by Crippen LogP contribution is 2.21. The molecule has 1 aromatic rings. The Morgan fingerprint density at radius 2 is 2.00 bits per heavy atom. The van der Waals surface area contributed by atoms with E-state index in [1.54, 1.807) is 12.1 Å². The third kappa shape index (κ3) is 1.82. The summed E-state index contributed by atoms with van der Waals surface area (Å²) in [6.07, 6.45) is 0. The molecular formula is C7H6Cl2S.